The number of benzene rings is 2. The van der Waals surface area contributed by atoms with Gasteiger partial charge in [-0.3, -0.25) is 14.9 Å². The second-order valence-electron chi connectivity index (χ2n) is 3.89. The van der Waals surface area contributed by atoms with Crippen LogP contribution in [0.25, 0.3) is 0 Å². The fraction of sp³-hybridized carbons (Fsp3) is 0. The number of amides is 1. The Morgan fingerprint density at radius 1 is 1.15 bits per heavy atom. The Morgan fingerprint density at radius 2 is 1.85 bits per heavy atom. The van der Waals surface area contributed by atoms with Crippen molar-refractivity contribution >= 4 is 49.1 Å². The Balaban J connectivity index is 2.30. The zero-order chi connectivity index (χ0) is 14.7. The third kappa shape index (κ3) is 3.43. The summed E-state index contributed by atoms with van der Waals surface area (Å²) in [6.45, 7) is 0. The van der Waals surface area contributed by atoms with E-state index in [4.69, 9.17) is 0 Å². The first-order chi connectivity index (χ1) is 9.47. The van der Waals surface area contributed by atoms with E-state index in [1.54, 1.807) is 18.2 Å². The lowest BCUT2D eigenvalue weighted by Crippen LogP contribution is -2.12. The van der Waals surface area contributed by atoms with E-state index in [1.807, 2.05) is 6.07 Å². The molecule has 20 heavy (non-hydrogen) atoms. The fourth-order valence-electron chi connectivity index (χ4n) is 1.57. The molecule has 0 saturated heterocycles. The molecular formula is C13H8Br2N2O3. The summed E-state index contributed by atoms with van der Waals surface area (Å²) in [7, 11) is 0. The van der Waals surface area contributed by atoms with Crippen LogP contribution in [0.4, 0.5) is 11.4 Å². The van der Waals surface area contributed by atoms with Crippen molar-refractivity contribution < 1.29 is 9.72 Å². The van der Waals surface area contributed by atoms with E-state index in [-0.39, 0.29) is 11.3 Å². The molecule has 102 valence electrons. The van der Waals surface area contributed by atoms with Crippen LogP contribution >= 0.6 is 31.9 Å². The van der Waals surface area contributed by atoms with Gasteiger partial charge in [-0.2, -0.15) is 0 Å². The number of nitrogens with zero attached hydrogens (tertiary/aromatic N) is 1. The van der Waals surface area contributed by atoms with E-state index in [0.29, 0.717) is 10.2 Å². The molecule has 2 aromatic carbocycles. The third-order valence-electron chi connectivity index (χ3n) is 2.48. The highest BCUT2D eigenvalue weighted by Crippen LogP contribution is 2.24. The smallest absolute Gasteiger partial charge is 0.271 e. The van der Waals surface area contributed by atoms with Gasteiger partial charge in [0.2, 0.25) is 0 Å². The quantitative estimate of drug-likeness (QED) is 0.615. The Labute approximate surface area is 131 Å². The molecule has 0 unspecified atom stereocenters. The summed E-state index contributed by atoms with van der Waals surface area (Å²) in [5, 5.41) is 13.5. The summed E-state index contributed by atoms with van der Waals surface area (Å²) in [6, 6.07) is 11.2. The van der Waals surface area contributed by atoms with Crippen molar-refractivity contribution in [1.82, 2.24) is 0 Å². The van der Waals surface area contributed by atoms with Crippen LogP contribution in [0.5, 0.6) is 0 Å². The van der Waals surface area contributed by atoms with Crippen molar-refractivity contribution in [3.8, 4) is 0 Å². The molecule has 0 bridgehead atoms. The van der Waals surface area contributed by atoms with Crippen molar-refractivity contribution in [3.05, 3.63) is 67.1 Å². The molecule has 7 heteroatoms. The molecule has 0 aromatic heterocycles. The fourth-order valence-corrected chi connectivity index (χ4v) is 2.43. The molecule has 2 rings (SSSR count). The highest BCUT2D eigenvalue weighted by molar-refractivity contribution is 9.10. The molecule has 0 aliphatic carbocycles. The lowest BCUT2D eigenvalue weighted by molar-refractivity contribution is -0.384. The highest BCUT2D eigenvalue weighted by atomic mass is 79.9. The molecule has 0 aliphatic rings. The van der Waals surface area contributed by atoms with Gasteiger partial charge in [0.1, 0.15) is 0 Å². The molecule has 0 spiro atoms. The molecule has 1 amide bonds. The maximum absolute atomic E-state index is 12.1. The number of halogens is 2. The maximum atomic E-state index is 12.1. The van der Waals surface area contributed by atoms with E-state index in [2.05, 4.69) is 37.2 Å². The van der Waals surface area contributed by atoms with Crippen LogP contribution in [0.2, 0.25) is 0 Å². The Hall–Kier alpha value is -1.73. The zero-order valence-corrected chi connectivity index (χ0v) is 13.1. The lowest BCUT2D eigenvalue weighted by Gasteiger charge is -2.07. The molecule has 0 heterocycles. The molecule has 0 atom stereocenters. The summed E-state index contributed by atoms with van der Waals surface area (Å²) in [4.78, 5) is 22.4. The van der Waals surface area contributed by atoms with Crippen LogP contribution in [0, 0.1) is 10.1 Å². The Morgan fingerprint density at radius 3 is 2.50 bits per heavy atom. The maximum Gasteiger partial charge on any atom is 0.271 e. The summed E-state index contributed by atoms with van der Waals surface area (Å²) >= 11 is 6.47. The van der Waals surface area contributed by atoms with E-state index in [9.17, 15) is 14.9 Å². The van der Waals surface area contributed by atoms with Crippen molar-refractivity contribution in [3.63, 3.8) is 0 Å². The molecule has 0 aliphatic heterocycles. The SMILES string of the molecule is O=C(Nc1ccccc1Br)c1cc(Br)cc([N+](=O)[O-])c1. The minimum absolute atomic E-state index is 0.142. The number of nitrogens with one attached hydrogen (secondary N) is 1. The highest BCUT2D eigenvalue weighted by Gasteiger charge is 2.14. The van der Waals surface area contributed by atoms with E-state index in [1.165, 1.54) is 18.2 Å². The number of hydrogen-bond acceptors (Lipinski definition) is 3. The van der Waals surface area contributed by atoms with Crippen LogP contribution in [-0.2, 0) is 0 Å². The van der Waals surface area contributed by atoms with Gasteiger partial charge >= 0.3 is 0 Å². The predicted molar refractivity (Wildman–Crippen MR) is 82.9 cm³/mol. The van der Waals surface area contributed by atoms with Gasteiger partial charge in [0.25, 0.3) is 11.6 Å². The van der Waals surface area contributed by atoms with Crippen molar-refractivity contribution in [1.29, 1.82) is 0 Å². The van der Waals surface area contributed by atoms with Gasteiger partial charge in [-0.1, -0.05) is 28.1 Å². The van der Waals surface area contributed by atoms with Crippen LogP contribution in [0.15, 0.2) is 51.4 Å². The van der Waals surface area contributed by atoms with Crippen molar-refractivity contribution in [2.75, 3.05) is 5.32 Å². The minimum Gasteiger partial charge on any atom is -0.321 e. The molecule has 0 radical (unpaired) electrons. The van der Waals surface area contributed by atoms with E-state index in [0.717, 1.165) is 4.47 Å². The monoisotopic (exact) mass is 398 g/mol. The second kappa shape index (κ2) is 6.15. The first-order valence-electron chi connectivity index (χ1n) is 5.48. The molecule has 2 aromatic rings. The standard InChI is InChI=1S/C13H8Br2N2O3/c14-9-5-8(6-10(7-9)17(19)20)13(18)16-12-4-2-1-3-11(12)15/h1-7H,(H,16,18). The van der Waals surface area contributed by atoms with Crippen LogP contribution < -0.4 is 5.32 Å². The number of nitro groups is 1. The van der Waals surface area contributed by atoms with Gasteiger partial charge in [-0.25, -0.2) is 0 Å². The van der Waals surface area contributed by atoms with Gasteiger partial charge in [0, 0.05) is 26.6 Å². The molecule has 5 nitrogen and oxygen atoms in total. The van der Waals surface area contributed by atoms with Gasteiger partial charge in [-0.15, -0.1) is 0 Å². The number of carbonyl (C=O) groups excluding carboxylic acids is 1. The lowest BCUT2D eigenvalue weighted by atomic mass is 10.2. The summed E-state index contributed by atoms with van der Waals surface area (Å²) in [5.41, 5.74) is 0.665. The van der Waals surface area contributed by atoms with Crippen molar-refractivity contribution in [2.45, 2.75) is 0 Å². The predicted octanol–water partition coefficient (Wildman–Crippen LogP) is 4.37. The number of hydrogen-bond donors (Lipinski definition) is 1. The molecule has 1 N–H and O–H groups in total. The average Bonchev–Trinajstić information content (AvgIpc) is 2.40. The van der Waals surface area contributed by atoms with Gasteiger partial charge in [0.05, 0.1) is 10.6 Å². The number of non-ortho nitro benzene ring substituents is 1. The topological polar surface area (TPSA) is 72.2 Å². The number of anilines is 1. The van der Waals surface area contributed by atoms with Gasteiger partial charge < -0.3 is 5.32 Å². The van der Waals surface area contributed by atoms with Gasteiger partial charge in [-0.05, 0) is 34.1 Å². The average molecular weight is 400 g/mol. The van der Waals surface area contributed by atoms with Crippen molar-refractivity contribution in [2.24, 2.45) is 0 Å². The normalized spacial score (nSPS) is 10.1. The number of rotatable bonds is 3. The molecule has 0 fully saturated rings. The number of nitro benzene ring substituents is 1. The Bertz CT molecular complexity index is 689. The first kappa shape index (κ1) is 14.7. The van der Waals surface area contributed by atoms with Crippen LogP contribution in [0.1, 0.15) is 10.4 Å². The van der Waals surface area contributed by atoms with Gasteiger partial charge in [0.15, 0.2) is 0 Å². The van der Waals surface area contributed by atoms with E-state index < -0.39 is 10.8 Å². The second-order valence-corrected chi connectivity index (χ2v) is 5.66. The first-order valence-corrected chi connectivity index (χ1v) is 7.07. The minimum atomic E-state index is -0.542. The molecule has 0 saturated carbocycles. The summed E-state index contributed by atoms with van der Waals surface area (Å²) in [6.07, 6.45) is 0. The summed E-state index contributed by atoms with van der Waals surface area (Å²) < 4.78 is 1.21. The van der Waals surface area contributed by atoms with E-state index >= 15 is 0 Å². The third-order valence-corrected chi connectivity index (χ3v) is 3.63. The number of carbonyl (C=O) groups is 1. The van der Waals surface area contributed by atoms with Crippen LogP contribution in [0.3, 0.4) is 0 Å². The Kier molecular flexibility index (Phi) is 4.51. The molecular weight excluding hydrogens is 392 g/mol. The summed E-state index contributed by atoms with van der Waals surface area (Å²) in [5.74, 6) is -0.415. The number of para-hydroxylation sites is 1. The van der Waals surface area contributed by atoms with Crippen LogP contribution in [-0.4, -0.2) is 10.8 Å². The largest absolute Gasteiger partial charge is 0.321 e. The zero-order valence-electron chi connectivity index (χ0n) is 9.97.